The lowest BCUT2D eigenvalue weighted by Crippen LogP contribution is -2.41. The van der Waals surface area contributed by atoms with Gasteiger partial charge in [0, 0.05) is 61.8 Å². The van der Waals surface area contributed by atoms with Gasteiger partial charge >= 0.3 is 6.09 Å². The van der Waals surface area contributed by atoms with Gasteiger partial charge in [-0.1, -0.05) is 6.07 Å². The van der Waals surface area contributed by atoms with E-state index in [9.17, 15) is 14.7 Å². The molecule has 0 radical (unpaired) electrons. The Balaban J connectivity index is 1.43. The van der Waals surface area contributed by atoms with Crippen LogP contribution in [-0.4, -0.2) is 54.0 Å². The van der Waals surface area contributed by atoms with Crippen LogP contribution in [0.3, 0.4) is 0 Å². The highest BCUT2D eigenvalue weighted by atomic mass is 16.4. The van der Waals surface area contributed by atoms with Crippen molar-refractivity contribution in [3.8, 4) is 0 Å². The molecule has 0 bridgehead atoms. The maximum absolute atomic E-state index is 12.9. The van der Waals surface area contributed by atoms with E-state index in [4.69, 9.17) is 4.98 Å². The van der Waals surface area contributed by atoms with Gasteiger partial charge in [0.2, 0.25) is 5.91 Å². The average Bonchev–Trinajstić information content (AvgIpc) is 3.51. The van der Waals surface area contributed by atoms with E-state index in [0.717, 1.165) is 41.0 Å². The summed E-state index contributed by atoms with van der Waals surface area (Å²) in [5, 5.41) is 17.1. The van der Waals surface area contributed by atoms with Crippen molar-refractivity contribution in [3.05, 3.63) is 72.1 Å². The van der Waals surface area contributed by atoms with Crippen molar-refractivity contribution >= 4 is 28.7 Å². The molecule has 4 heterocycles. The maximum atomic E-state index is 12.9. The number of pyridine rings is 1. The number of carboxylic acid groups (broad SMARTS) is 1. The van der Waals surface area contributed by atoms with Crippen molar-refractivity contribution in [1.29, 1.82) is 0 Å². The lowest BCUT2D eigenvalue weighted by atomic mass is 9.96. The molecule has 3 aromatic heterocycles. The predicted molar refractivity (Wildman–Crippen MR) is 135 cm³/mol. The Labute approximate surface area is 208 Å². The molecule has 0 unspecified atom stereocenters. The summed E-state index contributed by atoms with van der Waals surface area (Å²) in [5.41, 5.74) is 4.13. The Morgan fingerprint density at radius 1 is 1.14 bits per heavy atom. The van der Waals surface area contributed by atoms with Gasteiger partial charge < -0.3 is 15.0 Å². The molecular formula is C26H29N7O3. The third-order valence-corrected chi connectivity index (χ3v) is 6.65. The standard InChI is InChI=1S/C26H29N7O3/c1-18-6-7-20-21(33(18)26(35)36)8-9-22-25(20)30-23(11-16-31-15-4-13-29-31)32(22)17-24(34)28-14-10-19-5-2-3-12-27-19/h2-5,8-9,12-13,15,18H,6-7,10-11,14,16-17H2,1H3,(H,28,34)(H,35,36)/t18-/m0/s1. The number of imidazole rings is 1. The molecule has 2 amide bonds. The van der Waals surface area contributed by atoms with Gasteiger partial charge in [-0.3, -0.25) is 19.4 Å². The SMILES string of the molecule is C[C@H]1CCc2c(ccc3c2nc(CCn2cccn2)n3CC(=O)NCCc2ccccn2)N1C(=O)O. The zero-order valence-electron chi connectivity index (χ0n) is 20.2. The topological polar surface area (TPSA) is 118 Å². The first kappa shape index (κ1) is 23.5. The second-order valence-corrected chi connectivity index (χ2v) is 9.03. The summed E-state index contributed by atoms with van der Waals surface area (Å²) in [7, 11) is 0. The van der Waals surface area contributed by atoms with Crippen LogP contribution in [0.25, 0.3) is 11.0 Å². The number of carbonyl (C=O) groups excluding carboxylic acids is 1. The molecule has 36 heavy (non-hydrogen) atoms. The van der Waals surface area contributed by atoms with E-state index < -0.39 is 6.09 Å². The van der Waals surface area contributed by atoms with Gasteiger partial charge in [-0.25, -0.2) is 9.78 Å². The highest BCUT2D eigenvalue weighted by Gasteiger charge is 2.30. The van der Waals surface area contributed by atoms with Gasteiger partial charge in [-0.15, -0.1) is 0 Å². The number of nitrogens with one attached hydrogen (secondary N) is 1. The molecule has 186 valence electrons. The molecule has 10 nitrogen and oxygen atoms in total. The fourth-order valence-electron chi connectivity index (χ4n) is 4.86. The first-order chi connectivity index (χ1) is 17.5. The number of amides is 2. The monoisotopic (exact) mass is 487 g/mol. The molecule has 5 rings (SSSR count). The van der Waals surface area contributed by atoms with Gasteiger partial charge in [0.05, 0.1) is 16.7 Å². The van der Waals surface area contributed by atoms with E-state index in [1.165, 1.54) is 4.90 Å². The van der Waals surface area contributed by atoms with Gasteiger partial charge in [-0.05, 0) is 50.1 Å². The molecule has 0 saturated carbocycles. The molecule has 1 aliphatic rings. The third kappa shape index (κ3) is 4.79. The molecule has 1 aromatic carbocycles. The summed E-state index contributed by atoms with van der Waals surface area (Å²) >= 11 is 0. The van der Waals surface area contributed by atoms with E-state index in [-0.39, 0.29) is 18.5 Å². The zero-order valence-corrected chi connectivity index (χ0v) is 20.2. The van der Waals surface area contributed by atoms with Crippen LogP contribution >= 0.6 is 0 Å². The summed E-state index contributed by atoms with van der Waals surface area (Å²) in [5.74, 6) is 0.665. The fourth-order valence-corrected chi connectivity index (χ4v) is 4.86. The summed E-state index contributed by atoms with van der Waals surface area (Å²) in [6, 6.07) is 11.2. The van der Waals surface area contributed by atoms with Gasteiger partial charge in [0.25, 0.3) is 0 Å². The first-order valence-electron chi connectivity index (χ1n) is 12.2. The number of hydrogen-bond donors (Lipinski definition) is 2. The van der Waals surface area contributed by atoms with E-state index >= 15 is 0 Å². The number of hydrogen-bond acceptors (Lipinski definition) is 5. The van der Waals surface area contributed by atoms with Crippen LogP contribution in [0.4, 0.5) is 10.5 Å². The van der Waals surface area contributed by atoms with E-state index in [1.807, 2.05) is 58.8 Å². The molecular weight excluding hydrogens is 458 g/mol. The number of fused-ring (bicyclic) bond motifs is 3. The lowest BCUT2D eigenvalue weighted by Gasteiger charge is -2.33. The molecule has 0 fully saturated rings. The van der Waals surface area contributed by atoms with E-state index in [1.54, 1.807) is 12.4 Å². The minimum absolute atomic E-state index is 0.0984. The fraction of sp³-hybridized carbons (Fsp3) is 0.346. The minimum Gasteiger partial charge on any atom is -0.465 e. The number of rotatable bonds is 8. The summed E-state index contributed by atoms with van der Waals surface area (Å²) < 4.78 is 3.78. The predicted octanol–water partition coefficient (Wildman–Crippen LogP) is 3.05. The molecule has 1 aliphatic heterocycles. The second kappa shape index (κ2) is 10.2. The highest BCUT2D eigenvalue weighted by Crippen LogP contribution is 2.36. The van der Waals surface area contributed by atoms with E-state index in [2.05, 4.69) is 15.4 Å². The Kier molecular flexibility index (Phi) is 6.66. The summed E-state index contributed by atoms with van der Waals surface area (Å²) in [6.07, 6.45) is 7.11. The van der Waals surface area contributed by atoms with Crippen LogP contribution < -0.4 is 10.2 Å². The molecule has 0 spiro atoms. The first-order valence-corrected chi connectivity index (χ1v) is 12.2. The molecule has 2 N–H and O–H groups in total. The number of nitrogens with zero attached hydrogens (tertiary/aromatic N) is 6. The molecule has 4 aromatic rings. The molecule has 1 atom stereocenters. The normalized spacial score (nSPS) is 15.1. The zero-order chi connectivity index (χ0) is 25.1. The smallest absolute Gasteiger partial charge is 0.412 e. The van der Waals surface area contributed by atoms with E-state index in [0.29, 0.717) is 31.6 Å². The van der Waals surface area contributed by atoms with Gasteiger partial charge in [0.1, 0.15) is 12.4 Å². The highest BCUT2D eigenvalue weighted by molar-refractivity contribution is 5.95. The van der Waals surface area contributed by atoms with Crippen molar-refractivity contribution in [2.45, 2.75) is 51.7 Å². The number of benzene rings is 1. The Hall–Kier alpha value is -4.21. The van der Waals surface area contributed by atoms with Crippen LogP contribution in [0, 0.1) is 0 Å². The van der Waals surface area contributed by atoms with Crippen molar-refractivity contribution in [3.63, 3.8) is 0 Å². The molecule has 0 aliphatic carbocycles. The maximum Gasteiger partial charge on any atom is 0.412 e. The van der Waals surface area contributed by atoms with Crippen LogP contribution in [0.1, 0.15) is 30.4 Å². The molecule has 0 saturated heterocycles. The Bertz CT molecular complexity index is 1370. The van der Waals surface area contributed by atoms with Crippen molar-refractivity contribution < 1.29 is 14.7 Å². The Morgan fingerprint density at radius 2 is 2.03 bits per heavy atom. The van der Waals surface area contributed by atoms with Crippen molar-refractivity contribution in [2.75, 3.05) is 11.4 Å². The van der Waals surface area contributed by atoms with Crippen molar-refractivity contribution in [1.82, 2.24) is 29.6 Å². The number of aromatic nitrogens is 5. The summed E-state index contributed by atoms with van der Waals surface area (Å²) in [4.78, 5) is 35.5. The van der Waals surface area contributed by atoms with Crippen LogP contribution in [-0.2, 0) is 37.1 Å². The largest absolute Gasteiger partial charge is 0.465 e. The van der Waals surface area contributed by atoms with Crippen LogP contribution in [0.5, 0.6) is 0 Å². The third-order valence-electron chi connectivity index (χ3n) is 6.65. The molecule has 10 heteroatoms. The lowest BCUT2D eigenvalue weighted by molar-refractivity contribution is -0.121. The van der Waals surface area contributed by atoms with Gasteiger partial charge in [0.15, 0.2) is 0 Å². The van der Waals surface area contributed by atoms with Crippen LogP contribution in [0.15, 0.2) is 55.0 Å². The van der Waals surface area contributed by atoms with Crippen LogP contribution in [0.2, 0.25) is 0 Å². The van der Waals surface area contributed by atoms with Crippen molar-refractivity contribution in [2.24, 2.45) is 0 Å². The minimum atomic E-state index is -0.964. The second-order valence-electron chi connectivity index (χ2n) is 9.03. The summed E-state index contributed by atoms with van der Waals surface area (Å²) in [6.45, 7) is 3.17. The quantitative estimate of drug-likeness (QED) is 0.394. The average molecular weight is 488 g/mol. The number of anilines is 1. The number of aryl methyl sites for hydroxylation is 3. The Morgan fingerprint density at radius 3 is 2.78 bits per heavy atom. The number of carbonyl (C=O) groups is 2. The van der Waals surface area contributed by atoms with Gasteiger partial charge in [-0.2, -0.15) is 5.10 Å².